The number of aromatic nitrogens is 3. The van der Waals surface area contributed by atoms with Crippen LogP contribution in [0.1, 0.15) is 5.82 Å². The number of hydrogen-bond acceptors (Lipinski definition) is 5. The van der Waals surface area contributed by atoms with Crippen LogP contribution in [0.25, 0.3) is 22.6 Å². The predicted molar refractivity (Wildman–Crippen MR) is 79.2 cm³/mol. The lowest BCUT2D eigenvalue weighted by molar-refractivity contribution is 0.418. The molecule has 0 aliphatic carbocycles. The van der Waals surface area contributed by atoms with Crippen molar-refractivity contribution in [2.75, 3.05) is 0 Å². The molecule has 24 heavy (non-hydrogen) atoms. The van der Waals surface area contributed by atoms with Gasteiger partial charge in [0.2, 0.25) is 0 Å². The van der Waals surface area contributed by atoms with Gasteiger partial charge in [-0.1, -0.05) is 17.3 Å². The largest absolute Gasteiger partial charge is 0.420 e. The van der Waals surface area contributed by atoms with Crippen molar-refractivity contribution in [1.29, 1.82) is 0 Å². The molecular weight excluding hydrogens is 320 g/mol. The van der Waals surface area contributed by atoms with Crippen molar-refractivity contribution in [2.45, 2.75) is 6.54 Å². The van der Waals surface area contributed by atoms with E-state index in [4.69, 9.17) is 8.94 Å². The standard InChI is InChI=1S/C16H9F2N3O3/c17-10-6-5-9(7-11(10)18)15-19-14(20-24-15)8-21-12-3-1-2-4-13(12)23-16(21)22/h1-7H,8H2. The predicted octanol–water partition coefficient (Wildman–Crippen LogP) is 2.97. The second-order valence-corrected chi connectivity index (χ2v) is 5.07. The number of oxazole rings is 1. The van der Waals surface area contributed by atoms with E-state index in [2.05, 4.69) is 10.1 Å². The van der Waals surface area contributed by atoms with Crippen LogP contribution in [0.4, 0.5) is 8.78 Å². The van der Waals surface area contributed by atoms with Crippen LogP contribution >= 0.6 is 0 Å². The Bertz CT molecular complexity index is 1100. The fraction of sp³-hybridized carbons (Fsp3) is 0.0625. The molecule has 2 aromatic carbocycles. The minimum absolute atomic E-state index is 0.0308. The highest BCUT2D eigenvalue weighted by molar-refractivity contribution is 5.72. The number of halogens is 2. The Labute approximate surface area is 132 Å². The van der Waals surface area contributed by atoms with E-state index in [0.29, 0.717) is 11.1 Å². The number of nitrogens with zero attached hydrogens (tertiary/aromatic N) is 3. The molecule has 2 aromatic heterocycles. The number of para-hydroxylation sites is 2. The summed E-state index contributed by atoms with van der Waals surface area (Å²) in [4.78, 5) is 16.0. The van der Waals surface area contributed by atoms with Gasteiger partial charge in [0.05, 0.1) is 12.1 Å². The van der Waals surface area contributed by atoms with Crippen molar-refractivity contribution < 1.29 is 17.7 Å². The van der Waals surface area contributed by atoms with Crippen LogP contribution in [-0.4, -0.2) is 14.7 Å². The number of hydrogen-bond donors (Lipinski definition) is 0. The first-order chi connectivity index (χ1) is 11.6. The van der Waals surface area contributed by atoms with Crippen LogP contribution in [0.3, 0.4) is 0 Å². The van der Waals surface area contributed by atoms with Gasteiger partial charge in [-0.05, 0) is 30.3 Å². The van der Waals surface area contributed by atoms with Gasteiger partial charge in [0.1, 0.15) is 0 Å². The highest BCUT2D eigenvalue weighted by Crippen LogP contribution is 2.20. The molecule has 0 saturated heterocycles. The van der Waals surface area contributed by atoms with E-state index in [0.717, 1.165) is 12.1 Å². The average Bonchev–Trinajstić information content (AvgIpc) is 3.16. The second kappa shape index (κ2) is 5.41. The van der Waals surface area contributed by atoms with Crippen LogP contribution in [0.2, 0.25) is 0 Å². The molecule has 0 radical (unpaired) electrons. The molecule has 120 valence electrons. The highest BCUT2D eigenvalue weighted by atomic mass is 19.2. The number of rotatable bonds is 3. The summed E-state index contributed by atoms with van der Waals surface area (Å²) in [6.45, 7) is 0.0308. The Morgan fingerprint density at radius 1 is 1.08 bits per heavy atom. The molecule has 0 amide bonds. The van der Waals surface area contributed by atoms with Crippen molar-refractivity contribution in [3.05, 3.63) is 70.5 Å². The molecule has 4 rings (SSSR count). The average molecular weight is 329 g/mol. The smallest absolute Gasteiger partial charge is 0.408 e. The first-order valence-electron chi connectivity index (χ1n) is 6.98. The molecule has 2 heterocycles. The number of fused-ring (bicyclic) bond motifs is 1. The monoisotopic (exact) mass is 329 g/mol. The Morgan fingerprint density at radius 3 is 2.75 bits per heavy atom. The first kappa shape index (κ1) is 14.3. The molecule has 0 bridgehead atoms. The molecule has 0 saturated carbocycles. The molecule has 0 atom stereocenters. The van der Waals surface area contributed by atoms with Gasteiger partial charge in [-0.15, -0.1) is 0 Å². The summed E-state index contributed by atoms with van der Waals surface area (Å²) in [6.07, 6.45) is 0. The van der Waals surface area contributed by atoms with E-state index in [1.165, 1.54) is 10.6 Å². The second-order valence-electron chi connectivity index (χ2n) is 5.07. The van der Waals surface area contributed by atoms with Crippen molar-refractivity contribution in [2.24, 2.45) is 0 Å². The molecule has 0 aliphatic rings. The lowest BCUT2D eigenvalue weighted by atomic mass is 10.2. The Balaban J connectivity index is 1.69. The van der Waals surface area contributed by atoms with Gasteiger partial charge in [-0.3, -0.25) is 4.57 Å². The summed E-state index contributed by atoms with van der Waals surface area (Å²) in [5.41, 5.74) is 1.30. The summed E-state index contributed by atoms with van der Waals surface area (Å²) in [6, 6.07) is 10.2. The van der Waals surface area contributed by atoms with Gasteiger partial charge in [0, 0.05) is 5.56 Å². The van der Waals surface area contributed by atoms with Crippen molar-refractivity contribution in [1.82, 2.24) is 14.7 Å². The Kier molecular flexibility index (Phi) is 3.23. The van der Waals surface area contributed by atoms with Crippen LogP contribution < -0.4 is 5.76 Å². The topological polar surface area (TPSA) is 74.1 Å². The van der Waals surface area contributed by atoms with E-state index >= 15 is 0 Å². The van der Waals surface area contributed by atoms with Gasteiger partial charge >= 0.3 is 5.76 Å². The van der Waals surface area contributed by atoms with Gasteiger partial charge in [-0.25, -0.2) is 13.6 Å². The zero-order valence-corrected chi connectivity index (χ0v) is 12.1. The number of benzene rings is 2. The third-order valence-electron chi connectivity index (χ3n) is 3.51. The molecule has 0 aliphatic heterocycles. The molecule has 8 heteroatoms. The minimum atomic E-state index is -1.01. The van der Waals surface area contributed by atoms with Crippen molar-refractivity contribution >= 4 is 11.1 Å². The molecule has 4 aromatic rings. The fourth-order valence-electron chi connectivity index (χ4n) is 2.37. The lowest BCUT2D eigenvalue weighted by Crippen LogP contribution is -2.15. The minimum Gasteiger partial charge on any atom is -0.408 e. The molecule has 0 spiro atoms. The fourth-order valence-corrected chi connectivity index (χ4v) is 2.37. The third-order valence-corrected chi connectivity index (χ3v) is 3.51. The summed E-state index contributed by atoms with van der Waals surface area (Å²) in [5, 5.41) is 3.76. The van der Waals surface area contributed by atoms with Gasteiger partial charge < -0.3 is 8.94 Å². The SMILES string of the molecule is O=c1oc2ccccc2n1Cc1noc(-c2ccc(F)c(F)c2)n1. The maximum Gasteiger partial charge on any atom is 0.420 e. The Hall–Kier alpha value is -3.29. The van der Waals surface area contributed by atoms with E-state index < -0.39 is 17.4 Å². The summed E-state index contributed by atoms with van der Waals surface area (Å²) in [5.74, 6) is -2.28. The quantitative estimate of drug-likeness (QED) is 0.578. The summed E-state index contributed by atoms with van der Waals surface area (Å²) >= 11 is 0. The Morgan fingerprint density at radius 2 is 1.92 bits per heavy atom. The molecular formula is C16H9F2N3O3. The summed E-state index contributed by atoms with van der Waals surface area (Å²) in [7, 11) is 0. The van der Waals surface area contributed by atoms with Gasteiger partial charge in [0.25, 0.3) is 5.89 Å². The van der Waals surface area contributed by atoms with Crippen LogP contribution in [-0.2, 0) is 6.54 Å². The van der Waals surface area contributed by atoms with Crippen LogP contribution in [0.15, 0.2) is 56.2 Å². The third kappa shape index (κ3) is 2.37. The summed E-state index contributed by atoms with van der Waals surface area (Å²) < 4.78 is 37.8. The normalized spacial score (nSPS) is 11.2. The molecule has 6 nitrogen and oxygen atoms in total. The van der Waals surface area contributed by atoms with E-state index in [1.54, 1.807) is 24.3 Å². The van der Waals surface area contributed by atoms with E-state index in [1.807, 2.05) is 0 Å². The maximum atomic E-state index is 13.3. The van der Waals surface area contributed by atoms with Crippen LogP contribution in [0, 0.1) is 11.6 Å². The highest BCUT2D eigenvalue weighted by Gasteiger charge is 2.15. The van der Waals surface area contributed by atoms with E-state index in [-0.39, 0.29) is 23.8 Å². The van der Waals surface area contributed by atoms with Crippen LogP contribution in [0.5, 0.6) is 0 Å². The van der Waals surface area contributed by atoms with Gasteiger partial charge in [0.15, 0.2) is 23.0 Å². The zero-order chi connectivity index (χ0) is 16.7. The zero-order valence-electron chi connectivity index (χ0n) is 12.1. The maximum absolute atomic E-state index is 13.3. The van der Waals surface area contributed by atoms with Gasteiger partial charge in [-0.2, -0.15) is 4.98 Å². The molecule has 0 N–H and O–H groups in total. The van der Waals surface area contributed by atoms with Crippen molar-refractivity contribution in [3.8, 4) is 11.5 Å². The lowest BCUT2D eigenvalue weighted by Gasteiger charge is -1.97. The first-order valence-corrected chi connectivity index (χ1v) is 6.98. The van der Waals surface area contributed by atoms with E-state index in [9.17, 15) is 13.6 Å². The molecule has 0 unspecified atom stereocenters. The molecule has 0 fully saturated rings. The van der Waals surface area contributed by atoms with Crippen molar-refractivity contribution in [3.63, 3.8) is 0 Å².